The van der Waals surface area contributed by atoms with Crippen LogP contribution in [0.25, 0.3) is 0 Å². The maximum absolute atomic E-state index is 13.0. The summed E-state index contributed by atoms with van der Waals surface area (Å²) in [5, 5.41) is 10.6. The van der Waals surface area contributed by atoms with E-state index in [1.54, 1.807) is 13.8 Å². The summed E-state index contributed by atoms with van der Waals surface area (Å²) in [5.74, 6) is 0.784. The first-order chi connectivity index (χ1) is 21.5. The number of hydrogen-bond donors (Lipinski definition) is 1. The molecule has 262 valence electrons. The van der Waals surface area contributed by atoms with Crippen molar-refractivity contribution in [2.24, 2.45) is 56.7 Å². The highest BCUT2D eigenvalue weighted by molar-refractivity contribution is 7.53. The molecule has 0 aliphatic heterocycles. The standard InChI is InChI=1S/C37H61O8P/c1-10-43-46(41,44-11-2)23-42-22-30(38)45-29-16-17-34(7)27(33(29,5)6)15-18-36(9)28(34)13-12-26-31-25(24(3)4)14-19-37(31,32(39)40)21-20-35(26,36)8/h25-29,31H,3,10-23H2,1-2,4-9H3,(H,39,40)/t25-,26+,27-,28+,29-,31+,34-,35+,36+,37-/m0/s1. The fourth-order valence-corrected chi connectivity index (χ4v) is 14.0. The van der Waals surface area contributed by atoms with Gasteiger partial charge in [-0.3, -0.25) is 9.36 Å². The lowest BCUT2D eigenvalue weighted by atomic mass is 9.32. The van der Waals surface area contributed by atoms with E-state index >= 15 is 0 Å². The van der Waals surface area contributed by atoms with Crippen LogP contribution in [0.15, 0.2) is 12.2 Å². The molecule has 5 rings (SSSR count). The molecule has 1 N–H and O–H groups in total. The molecule has 10 atom stereocenters. The van der Waals surface area contributed by atoms with Crippen LogP contribution in [0.4, 0.5) is 0 Å². The molecule has 0 saturated heterocycles. The highest BCUT2D eigenvalue weighted by atomic mass is 31.2. The Hall–Kier alpha value is -1.21. The second-order valence-electron chi connectivity index (χ2n) is 16.9. The Balaban J connectivity index is 1.32. The molecule has 0 amide bonds. The monoisotopic (exact) mass is 664 g/mol. The Labute approximate surface area is 277 Å². The van der Waals surface area contributed by atoms with Crippen LogP contribution in [0.3, 0.4) is 0 Å². The first-order valence-corrected chi connectivity index (χ1v) is 19.7. The zero-order chi connectivity index (χ0) is 33.9. The van der Waals surface area contributed by atoms with Crippen LogP contribution in [0.1, 0.15) is 120 Å². The van der Waals surface area contributed by atoms with Crippen molar-refractivity contribution in [1.82, 2.24) is 0 Å². The van der Waals surface area contributed by atoms with E-state index in [4.69, 9.17) is 18.5 Å². The van der Waals surface area contributed by atoms with E-state index in [9.17, 15) is 19.3 Å². The highest BCUT2D eigenvalue weighted by Gasteiger charge is 2.72. The number of ether oxygens (including phenoxy) is 2. The molecule has 5 fully saturated rings. The van der Waals surface area contributed by atoms with E-state index in [-0.39, 0.29) is 59.9 Å². The maximum Gasteiger partial charge on any atom is 0.356 e. The minimum absolute atomic E-state index is 0.0821. The van der Waals surface area contributed by atoms with Crippen LogP contribution in [0.2, 0.25) is 0 Å². The molecule has 0 heterocycles. The molecule has 0 bridgehead atoms. The average Bonchev–Trinajstić information content (AvgIpc) is 3.37. The van der Waals surface area contributed by atoms with E-state index in [1.165, 1.54) is 0 Å². The van der Waals surface area contributed by atoms with Gasteiger partial charge in [0.25, 0.3) is 0 Å². The summed E-state index contributed by atoms with van der Waals surface area (Å²) in [6.07, 6.45) is 9.23. The van der Waals surface area contributed by atoms with Gasteiger partial charge in [0.1, 0.15) is 19.1 Å². The van der Waals surface area contributed by atoms with Crippen LogP contribution in [-0.2, 0) is 32.7 Å². The summed E-state index contributed by atoms with van der Waals surface area (Å²) in [7, 11) is -3.40. The summed E-state index contributed by atoms with van der Waals surface area (Å²) < 4.78 is 34.9. The van der Waals surface area contributed by atoms with E-state index in [0.29, 0.717) is 23.7 Å². The van der Waals surface area contributed by atoms with Crippen molar-refractivity contribution in [3.05, 3.63) is 12.2 Å². The third kappa shape index (κ3) is 5.48. The van der Waals surface area contributed by atoms with Gasteiger partial charge in [-0.05, 0) is 131 Å². The summed E-state index contributed by atoms with van der Waals surface area (Å²) >= 11 is 0. The van der Waals surface area contributed by atoms with E-state index in [1.807, 2.05) is 0 Å². The van der Waals surface area contributed by atoms with Crippen molar-refractivity contribution in [2.45, 2.75) is 126 Å². The number of allylic oxidation sites excluding steroid dienone is 1. The topological polar surface area (TPSA) is 108 Å². The molecule has 0 unspecified atom stereocenters. The molecule has 0 aromatic carbocycles. The average molecular weight is 665 g/mol. The Bertz CT molecular complexity index is 1240. The molecule has 0 aromatic heterocycles. The van der Waals surface area contributed by atoms with Gasteiger partial charge < -0.3 is 23.6 Å². The third-order valence-electron chi connectivity index (χ3n) is 14.8. The number of rotatable bonds is 11. The summed E-state index contributed by atoms with van der Waals surface area (Å²) in [4.78, 5) is 25.9. The second-order valence-corrected chi connectivity index (χ2v) is 18.9. The fourth-order valence-electron chi connectivity index (χ4n) is 12.6. The third-order valence-corrected chi connectivity index (χ3v) is 16.6. The number of carboxylic acids is 1. The minimum atomic E-state index is -3.40. The van der Waals surface area contributed by atoms with Crippen molar-refractivity contribution in [2.75, 3.05) is 26.2 Å². The predicted octanol–water partition coefficient (Wildman–Crippen LogP) is 8.88. The lowest BCUT2D eigenvalue weighted by Crippen LogP contribution is -2.67. The quantitative estimate of drug-likeness (QED) is 0.133. The zero-order valence-corrected chi connectivity index (χ0v) is 30.7. The van der Waals surface area contributed by atoms with Gasteiger partial charge in [0.15, 0.2) is 0 Å². The first kappa shape index (κ1) is 36.1. The fraction of sp³-hybridized carbons (Fsp3) is 0.892. The number of carbonyl (C=O) groups is 2. The molecule has 46 heavy (non-hydrogen) atoms. The molecule has 8 nitrogen and oxygen atoms in total. The van der Waals surface area contributed by atoms with Crippen LogP contribution in [0, 0.1) is 56.7 Å². The largest absolute Gasteiger partial charge is 0.481 e. The Morgan fingerprint density at radius 1 is 0.848 bits per heavy atom. The SMILES string of the molecule is C=C(C)[C@@H]1CC[C@]2(C(=O)O)CC[C@]3(C)[C@H](CC[C@@H]4[C@@]5(C)CC[C@H](OC(=O)COCP(=O)(OCC)OCC)C(C)(C)[C@@H]5CC[C@]43C)[C@@H]12. The number of fused-ring (bicyclic) bond motifs is 7. The van der Waals surface area contributed by atoms with Gasteiger partial charge in [-0.25, -0.2) is 4.79 Å². The lowest BCUT2D eigenvalue weighted by molar-refractivity contribution is -0.250. The van der Waals surface area contributed by atoms with Crippen LogP contribution in [-0.4, -0.2) is 49.3 Å². The molecule has 9 heteroatoms. The van der Waals surface area contributed by atoms with Gasteiger partial charge in [0, 0.05) is 5.41 Å². The van der Waals surface area contributed by atoms with Gasteiger partial charge in [-0.15, -0.1) is 0 Å². The number of aliphatic carboxylic acids is 1. The molecular formula is C37H61O8P. The molecular weight excluding hydrogens is 603 g/mol. The Morgan fingerprint density at radius 3 is 2.13 bits per heavy atom. The first-order valence-electron chi connectivity index (χ1n) is 18.0. The van der Waals surface area contributed by atoms with E-state index in [2.05, 4.69) is 48.1 Å². The van der Waals surface area contributed by atoms with Gasteiger partial charge in [0.05, 0.1) is 18.6 Å². The summed E-state index contributed by atoms with van der Waals surface area (Å²) in [6.45, 7) is 22.3. The smallest absolute Gasteiger partial charge is 0.356 e. The highest BCUT2D eigenvalue weighted by Crippen LogP contribution is 2.77. The van der Waals surface area contributed by atoms with Crippen molar-refractivity contribution >= 4 is 19.5 Å². The Kier molecular flexibility index (Phi) is 9.88. The maximum atomic E-state index is 13.0. The van der Waals surface area contributed by atoms with Crippen molar-refractivity contribution < 1.29 is 37.8 Å². The Morgan fingerprint density at radius 2 is 1.52 bits per heavy atom. The lowest BCUT2D eigenvalue weighted by Gasteiger charge is -2.72. The van der Waals surface area contributed by atoms with Crippen molar-refractivity contribution in [3.8, 4) is 0 Å². The molecule has 5 saturated carbocycles. The van der Waals surface area contributed by atoms with Crippen LogP contribution < -0.4 is 0 Å². The molecule has 5 aliphatic carbocycles. The van der Waals surface area contributed by atoms with Crippen LogP contribution >= 0.6 is 7.60 Å². The van der Waals surface area contributed by atoms with Gasteiger partial charge >= 0.3 is 19.5 Å². The predicted molar refractivity (Wildman–Crippen MR) is 178 cm³/mol. The number of carbonyl (C=O) groups excluding carboxylic acids is 1. The van der Waals surface area contributed by atoms with Gasteiger partial charge in [-0.2, -0.15) is 0 Å². The summed E-state index contributed by atoms with van der Waals surface area (Å²) in [5.41, 5.74) is 0.660. The van der Waals surface area contributed by atoms with Crippen molar-refractivity contribution in [3.63, 3.8) is 0 Å². The van der Waals surface area contributed by atoms with Crippen LogP contribution in [0.5, 0.6) is 0 Å². The number of hydrogen-bond acceptors (Lipinski definition) is 7. The van der Waals surface area contributed by atoms with Crippen molar-refractivity contribution in [1.29, 1.82) is 0 Å². The van der Waals surface area contributed by atoms with E-state index in [0.717, 1.165) is 69.8 Å². The normalized spacial score (nSPS) is 43.0. The number of esters is 1. The molecule has 0 radical (unpaired) electrons. The summed E-state index contributed by atoms with van der Waals surface area (Å²) in [6, 6.07) is 0. The van der Waals surface area contributed by atoms with E-state index < -0.39 is 24.9 Å². The minimum Gasteiger partial charge on any atom is -0.481 e. The molecule has 0 aromatic rings. The van der Waals surface area contributed by atoms with Gasteiger partial charge in [-0.1, -0.05) is 46.8 Å². The van der Waals surface area contributed by atoms with Gasteiger partial charge in [0.2, 0.25) is 0 Å². The second kappa shape index (κ2) is 12.6. The molecule has 5 aliphatic rings. The zero-order valence-electron chi connectivity index (χ0n) is 29.8. The molecule has 0 spiro atoms. The number of carboxylic acid groups (broad SMARTS) is 1.